The van der Waals surface area contributed by atoms with Crippen LogP contribution in [0.2, 0.25) is 0 Å². The molecular weight excluding hydrogens is 218 g/mol. The lowest BCUT2D eigenvalue weighted by atomic mass is 10.1. The van der Waals surface area contributed by atoms with Gasteiger partial charge in [0.2, 0.25) is 11.8 Å². The monoisotopic (exact) mass is 233 g/mol. The standard InChI is InChI=1S/C11H15N5O/c1-4-8-7(6-16(2)15-8)9-5-10(17-3)14-11(12)13-9/h5-6H,4H2,1-3H3,(H2,12,13,14). The maximum Gasteiger partial charge on any atom is 0.223 e. The zero-order valence-electron chi connectivity index (χ0n) is 10.1. The van der Waals surface area contributed by atoms with Crippen molar-refractivity contribution in [3.8, 4) is 17.1 Å². The Balaban J connectivity index is 2.55. The molecule has 0 radical (unpaired) electrons. The van der Waals surface area contributed by atoms with Gasteiger partial charge < -0.3 is 10.5 Å². The highest BCUT2D eigenvalue weighted by molar-refractivity contribution is 5.63. The van der Waals surface area contributed by atoms with Crippen molar-refractivity contribution in [2.24, 2.45) is 7.05 Å². The van der Waals surface area contributed by atoms with E-state index in [4.69, 9.17) is 10.5 Å². The number of aromatic nitrogens is 4. The van der Waals surface area contributed by atoms with Gasteiger partial charge >= 0.3 is 0 Å². The molecule has 0 bridgehead atoms. The predicted octanol–water partition coefficient (Wildman–Crippen LogP) is 1.03. The van der Waals surface area contributed by atoms with Gasteiger partial charge in [-0.05, 0) is 6.42 Å². The van der Waals surface area contributed by atoms with Gasteiger partial charge in [-0.15, -0.1) is 0 Å². The molecule has 0 unspecified atom stereocenters. The lowest BCUT2D eigenvalue weighted by molar-refractivity contribution is 0.398. The van der Waals surface area contributed by atoms with Crippen molar-refractivity contribution in [2.45, 2.75) is 13.3 Å². The molecule has 0 aliphatic heterocycles. The van der Waals surface area contributed by atoms with Crippen LogP contribution in [0.15, 0.2) is 12.3 Å². The Morgan fingerprint density at radius 2 is 2.18 bits per heavy atom. The summed E-state index contributed by atoms with van der Waals surface area (Å²) in [6.07, 6.45) is 2.75. The van der Waals surface area contributed by atoms with Crippen LogP contribution in [-0.2, 0) is 13.5 Å². The number of hydrogen-bond donors (Lipinski definition) is 1. The second-order valence-electron chi connectivity index (χ2n) is 3.67. The van der Waals surface area contributed by atoms with E-state index in [0.29, 0.717) is 5.88 Å². The van der Waals surface area contributed by atoms with Gasteiger partial charge in [0.15, 0.2) is 0 Å². The molecule has 90 valence electrons. The van der Waals surface area contributed by atoms with Gasteiger partial charge in [-0.3, -0.25) is 4.68 Å². The number of aryl methyl sites for hydroxylation is 2. The number of nitrogen functional groups attached to an aromatic ring is 1. The van der Waals surface area contributed by atoms with E-state index in [1.54, 1.807) is 17.9 Å². The van der Waals surface area contributed by atoms with E-state index in [2.05, 4.69) is 15.1 Å². The fraction of sp³-hybridized carbons (Fsp3) is 0.364. The summed E-state index contributed by atoms with van der Waals surface area (Å²) < 4.78 is 6.84. The average Bonchev–Trinajstić information content (AvgIpc) is 2.69. The molecule has 0 atom stereocenters. The van der Waals surface area contributed by atoms with E-state index in [1.165, 1.54) is 0 Å². The number of methoxy groups -OCH3 is 1. The summed E-state index contributed by atoms with van der Waals surface area (Å²) in [6.45, 7) is 2.05. The van der Waals surface area contributed by atoms with E-state index in [1.807, 2.05) is 20.2 Å². The Morgan fingerprint density at radius 1 is 1.41 bits per heavy atom. The molecule has 0 fully saturated rings. The molecule has 0 aromatic carbocycles. The Kier molecular flexibility index (Phi) is 2.95. The van der Waals surface area contributed by atoms with Crippen molar-refractivity contribution in [3.05, 3.63) is 18.0 Å². The average molecular weight is 233 g/mol. The molecule has 6 heteroatoms. The quantitative estimate of drug-likeness (QED) is 0.856. The summed E-state index contributed by atoms with van der Waals surface area (Å²) in [5.41, 5.74) is 8.32. The fourth-order valence-electron chi connectivity index (χ4n) is 1.69. The zero-order chi connectivity index (χ0) is 12.4. The lowest BCUT2D eigenvalue weighted by Crippen LogP contribution is -1.99. The van der Waals surface area contributed by atoms with Crippen molar-refractivity contribution < 1.29 is 4.74 Å². The molecule has 0 amide bonds. The first-order valence-corrected chi connectivity index (χ1v) is 5.35. The number of hydrogen-bond acceptors (Lipinski definition) is 5. The number of ether oxygens (including phenoxy) is 1. The van der Waals surface area contributed by atoms with Gasteiger partial charge in [0.1, 0.15) is 0 Å². The highest BCUT2D eigenvalue weighted by Gasteiger charge is 2.12. The largest absolute Gasteiger partial charge is 0.481 e. The molecule has 2 rings (SSSR count). The van der Waals surface area contributed by atoms with Crippen LogP contribution in [0.4, 0.5) is 5.95 Å². The third-order valence-electron chi connectivity index (χ3n) is 2.45. The fourth-order valence-corrected chi connectivity index (χ4v) is 1.69. The first-order valence-electron chi connectivity index (χ1n) is 5.35. The number of rotatable bonds is 3. The van der Waals surface area contributed by atoms with E-state index in [-0.39, 0.29) is 5.95 Å². The van der Waals surface area contributed by atoms with Crippen molar-refractivity contribution in [1.82, 2.24) is 19.7 Å². The summed E-state index contributed by atoms with van der Waals surface area (Å²) in [6, 6.07) is 1.76. The van der Waals surface area contributed by atoms with Crippen molar-refractivity contribution in [1.29, 1.82) is 0 Å². The van der Waals surface area contributed by atoms with Crippen LogP contribution in [0.1, 0.15) is 12.6 Å². The second-order valence-corrected chi connectivity index (χ2v) is 3.67. The summed E-state index contributed by atoms with van der Waals surface area (Å²) in [4.78, 5) is 8.16. The van der Waals surface area contributed by atoms with Crippen LogP contribution in [0.3, 0.4) is 0 Å². The summed E-state index contributed by atoms with van der Waals surface area (Å²) >= 11 is 0. The number of nitrogens with zero attached hydrogens (tertiary/aromatic N) is 4. The maximum absolute atomic E-state index is 5.64. The van der Waals surface area contributed by atoms with Gasteiger partial charge in [-0.1, -0.05) is 6.92 Å². The van der Waals surface area contributed by atoms with Crippen LogP contribution in [0.5, 0.6) is 5.88 Å². The minimum absolute atomic E-state index is 0.199. The summed E-state index contributed by atoms with van der Waals surface area (Å²) in [5, 5.41) is 4.37. The van der Waals surface area contributed by atoms with Gasteiger partial charge in [0, 0.05) is 24.9 Å². The van der Waals surface area contributed by atoms with E-state index < -0.39 is 0 Å². The molecule has 2 N–H and O–H groups in total. The Morgan fingerprint density at radius 3 is 2.82 bits per heavy atom. The van der Waals surface area contributed by atoms with Gasteiger partial charge in [0.25, 0.3) is 0 Å². The summed E-state index contributed by atoms with van der Waals surface area (Å²) in [5.74, 6) is 0.656. The highest BCUT2D eigenvalue weighted by Crippen LogP contribution is 2.24. The maximum atomic E-state index is 5.64. The summed E-state index contributed by atoms with van der Waals surface area (Å²) in [7, 11) is 3.43. The van der Waals surface area contributed by atoms with Gasteiger partial charge in [-0.2, -0.15) is 10.1 Å². The van der Waals surface area contributed by atoms with E-state index in [9.17, 15) is 0 Å². The van der Waals surface area contributed by atoms with Crippen LogP contribution in [0, 0.1) is 0 Å². The smallest absolute Gasteiger partial charge is 0.223 e. The minimum atomic E-state index is 0.199. The Bertz CT molecular complexity index is 535. The second kappa shape index (κ2) is 4.40. The van der Waals surface area contributed by atoms with Crippen molar-refractivity contribution in [3.63, 3.8) is 0 Å². The van der Waals surface area contributed by atoms with Crippen LogP contribution in [0.25, 0.3) is 11.3 Å². The molecule has 2 aromatic rings. The van der Waals surface area contributed by atoms with Gasteiger partial charge in [-0.25, -0.2) is 4.98 Å². The highest BCUT2D eigenvalue weighted by atomic mass is 16.5. The van der Waals surface area contributed by atoms with Crippen LogP contribution < -0.4 is 10.5 Å². The molecule has 6 nitrogen and oxygen atoms in total. The van der Waals surface area contributed by atoms with Gasteiger partial charge in [0.05, 0.1) is 18.5 Å². The lowest BCUT2D eigenvalue weighted by Gasteiger charge is -2.04. The zero-order valence-corrected chi connectivity index (χ0v) is 10.1. The normalized spacial score (nSPS) is 10.5. The molecule has 0 saturated carbocycles. The first-order chi connectivity index (χ1) is 8.13. The molecule has 2 aromatic heterocycles. The molecule has 0 aliphatic carbocycles. The number of anilines is 1. The first kappa shape index (κ1) is 11.4. The molecule has 2 heterocycles. The SMILES string of the molecule is CCc1nn(C)cc1-c1cc(OC)nc(N)n1. The molecule has 17 heavy (non-hydrogen) atoms. The minimum Gasteiger partial charge on any atom is -0.481 e. The Labute approximate surface area is 99.4 Å². The molecule has 0 spiro atoms. The number of nitrogens with two attached hydrogens (primary N) is 1. The third kappa shape index (κ3) is 2.20. The van der Waals surface area contributed by atoms with E-state index in [0.717, 1.165) is 23.4 Å². The van der Waals surface area contributed by atoms with E-state index >= 15 is 0 Å². The van der Waals surface area contributed by atoms with Crippen molar-refractivity contribution >= 4 is 5.95 Å². The molecule has 0 saturated heterocycles. The van der Waals surface area contributed by atoms with Crippen LogP contribution in [-0.4, -0.2) is 26.9 Å². The Hall–Kier alpha value is -2.11. The topological polar surface area (TPSA) is 78.8 Å². The molecular formula is C11H15N5O. The predicted molar refractivity (Wildman–Crippen MR) is 64.6 cm³/mol. The van der Waals surface area contributed by atoms with Crippen LogP contribution >= 0.6 is 0 Å². The third-order valence-corrected chi connectivity index (χ3v) is 2.45. The molecule has 0 aliphatic rings. The van der Waals surface area contributed by atoms with Crippen molar-refractivity contribution in [2.75, 3.05) is 12.8 Å².